The van der Waals surface area contributed by atoms with Crippen LogP contribution in [0.15, 0.2) is 83.8 Å². The molecule has 3 rings (SSSR count). The Balaban J connectivity index is 1.88. The third-order valence-electron chi connectivity index (χ3n) is 3.91. The molecule has 0 aromatic heterocycles. The normalized spacial score (nSPS) is 11.2. The highest BCUT2D eigenvalue weighted by Gasteiger charge is 2.15. The Morgan fingerprint density at radius 1 is 0.750 bits per heavy atom. The molecule has 0 amide bonds. The lowest BCUT2D eigenvalue weighted by Gasteiger charge is -2.12. The molecule has 122 valence electrons. The highest BCUT2D eigenvalue weighted by atomic mass is 32.2. The average molecular weight is 337 g/mol. The van der Waals surface area contributed by atoms with Crippen molar-refractivity contribution < 1.29 is 8.42 Å². The molecular formula is C20H19NO2S. The zero-order chi connectivity index (χ0) is 17.0. The Bertz CT molecular complexity index is 917. The molecule has 4 heteroatoms. The van der Waals surface area contributed by atoms with E-state index in [0.29, 0.717) is 5.69 Å². The fourth-order valence-electron chi connectivity index (χ4n) is 2.59. The van der Waals surface area contributed by atoms with E-state index >= 15 is 0 Å². The molecule has 0 bridgehead atoms. The zero-order valence-corrected chi connectivity index (χ0v) is 14.3. The molecule has 0 spiro atoms. The minimum Gasteiger partial charge on any atom is -0.279 e. The third-order valence-corrected chi connectivity index (χ3v) is 5.30. The van der Waals surface area contributed by atoms with Gasteiger partial charge in [-0.05, 0) is 41.3 Å². The molecule has 0 saturated heterocycles. The molecule has 24 heavy (non-hydrogen) atoms. The van der Waals surface area contributed by atoms with E-state index in [9.17, 15) is 8.42 Å². The second-order valence-electron chi connectivity index (χ2n) is 5.51. The van der Waals surface area contributed by atoms with Gasteiger partial charge in [0.1, 0.15) is 0 Å². The van der Waals surface area contributed by atoms with E-state index < -0.39 is 10.0 Å². The van der Waals surface area contributed by atoms with Gasteiger partial charge in [0.05, 0.1) is 10.6 Å². The largest absolute Gasteiger partial charge is 0.279 e. The van der Waals surface area contributed by atoms with E-state index in [0.717, 1.165) is 23.1 Å². The Labute approximate surface area is 143 Å². The van der Waals surface area contributed by atoms with E-state index in [2.05, 4.69) is 4.72 Å². The van der Waals surface area contributed by atoms with E-state index in [4.69, 9.17) is 0 Å². The Kier molecular flexibility index (Phi) is 4.67. The molecule has 0 saturated carbocycles. The van der Waals surface area contributed by atoms with E-state index in [1.165, 1.54) is 0 Å². The molecule has 0 aliphatic heterocycles. The predicted octanol–water partition coefficient (Wildman–Crippen LogP) is 4.72. The van der Waals surface area contributed by atoms with Crippen LogP contribution in [0, 0.1) is 0 Å². The molecule has 0 radical (unpaired) electrons. The molecule has 1 N–H and O–H groups in total. The first-order valence-corrected chi connectivity index (χ1v) is 9.34. The maximum absolute atomic E-state index is 12.6. The second kappa shape index (κ2) is 6.89. The van der Waals surface area contributed by atoms with E-state index in [1.807, 2.05) is 67.6 Å². The zero-order valence-electron chi connectivity index (χ0n) is 13.4. The fourth-order valence-corrected chi connectivity index (χ4v) is 3.69. The lowest BCUT2D eigenvalue weighted by atomic mass is 10.1. The summed E-state index contributed by atoms with van der Waals surface area (Å²) in [5, 5.41) is 0. The molecule has 3 nitrogen and oxygen atoms in total. The Morgan fingerprint density at radius 2 is 1.33 bits per heavy atom. The summed E-state index contributed by atoms with van der Waals surface area (Å²) in [6.45, 7) is 2.00. The highest BCUT2D eigenvalue weighted by molar-refractivity contribution is 7.92. The molecule has 0 atom stereocenters. The quantitative estimate of drug-likeness (QED) is 0.732. The third kappa shape index (κ3) is 3.49. The smallest absolute Gasteiger partial charge is 0.261 e. The molecule has 3 aromatic rings. The SMILES string of the molecule is CCc1ccccc1NS(=O)(=O)c1ccc(-c2ccccc2)cc1. The van der Waals surface area contributed by atoms with Crippen LogP contribution in [0.3, 0.4) is 0 Å². The standard InChI is InChI=1S/C20H19NO2S/c1-2-16-8-6-7-11-20(16)21-24(22,23)19-14-12-18(13-15-19)17-9-4-3-5-10-17/h3-15,21H,2H2,1H3. The summed E-state index contributed by atoms with van der Waals surface area (Å²) in [5.41, 5.74) is 3.66. The molecule has 0 fully saturated rings. The second-order valence-corrected chi connectivity index (χ2v) is 7.19. The van der Waals surface area contributed by atoms with Gasteiger partial charge in [-0.3, -0.25) is 4.72 Å². The van der Waals surface area contributed by atoms with Crippen molar-refractivity contribution in [2.75, 3.05) is 4.72 Å². The number of rotatable bonds is 5. The predicted molar refractivity (Wildman–Crippen MR) is 98.5 cm³/mol. The Morgan fingerprint density at radius 3 is 2.00 bits per heavy atom. The average Bonchev–Trinajstić information content (AvgIpc) is 2.63. The minimum atomic E-state index is -3.59. The van der Waals surface area contributed by atoms with E-state index in [-0.39, 0.29) is 4.90 Å². The van der Waals surface area contributed by atoms with Gasteiger partial charge in [0.2, 0.25) is 0 Å². The molecule has 3 aromatic carbocycles. The number of anilines is 1. The van der Waals surface area contributed by atoms with Gasteiger partial charge in [-0.1, -0.05) is 67.6 Å². The summed E-state index contributed by atoms with van der Waals surface area (Å²) in [5.74, 6) is 0. The van der Waals surface area contributed by atoms with Crippen LogP contribution in [0.25, 0.3) is 11.1 Å². The topological polar surface area (TPSA) is 46.2 Å². The summed E-state index contributed by atoms with van der Waals surface area (Å²) in [6, 6.07) is 24.3. The Hall–Kier alpha value is -2.59. The number of para-hydroxylation sites is 1. The van der Waals surface area contributed by atoms with Crippen LogP contribution in [-0.2, 0) is 16.4 Å². The highest BCUT2D eigenvalue weighted by Crippen LogP contribution is 2.24. The number of hydrogen-bond donors (Lipinski definition) is 1. The molecular weight excluding hydrogens is 318 g/mol. The number of sulfonamides is 1. The van der Waals surface area contributed by atoms with Gasteiger partial charge >= 0.3 is 0 Å². The van der Waals surface area contributed by atoms with Crippen LogP contribution >= 0.6 is 0 Å². The van der Waals surface area contributed by atoms with Crippen molar-refractivity contribution in [1.29, 1.82) is 0 Å². The van der Waals surface area contributed by atoms with Gasteiger partial charge in [-0.15, -0.1) is 0 Å². The lowest BCUT2D eigenvalue weighted by molar-refractivity contribution is 0.601. The van der Waals surface area contributed by atoms with Gasteiger partial charge in [-0.2, -0.15) is 0 Å². The van der Waals surface area contributed by atoms with Crippen molar-refractivity contribution in [3.8, 4) is 11.1 Å². The van der Waals surface area contributed by atoms with Gasteiger partial charge in [0.15, 0.2) is 0 Å². The molecule has 0 heterocycles. The first kappa shape index (κ1) is 16.3. The number of benzene rings is 3. The molecule has 0 aliphatic rings. The van der Waals surface area contributed by atoms with Crippen LogP contribution in [0.1, 0.15) is 12.5 Å². The number of hydrogen-bond acceptors (Lipinski definition) is 2. The van der Waals surface area contributed by atoms with Crippen molar-refractivity contribution in [2.45, 2.75) is 18.2 Å². The van der Waals surface area contributed by atoms with Gasteiger partial charge < -0.3 is 0 Å². The van der Waals surface area contributed by atoms with Crippen LogP contribution in [0.5, 0.6) is 0 Å². The first-order valence-electron chi connectivity index (χ1n) is 7.86. The summed E-state index contributed by atoms with van der Waals surface area (Å²) in [6.07, 6.45) is 0.769. The van der Waals surface area contributed by atoms with Crippen molar-refractivity contribution in [1.82, 2.24) is 0 Å². The van der Waals surface area contributed by atoms with Crippen molar-refractivity contribution >= 4 is 15.7 Å². The van der Waals surface area contributed by atoms with Gasteiger partial charge in [0.25, 0.3) is 10.0 Å². The maximum Gasteiger partial charge on any atom is 0.261 e. The summed E-state index contributed by atoms with van der Waals surface area (Å²) in [4.78, 5) is 0.257. The van der Waals surface area contributed by atoms with Crippen LogP contribution in [0.4, 0.5) is 5.69 Å². The number of nitrogens with one attached hydrogen (secondary N) is 1. The van der Waals surface area contributed by atoms with Crippen LogP contribution in [-0.4, -0.2) is 8.42 Å². The molecule has 0 aliphatic carbocycles. The van der Waals surface area contributed by atoms with Crippen molar-refractivity contribution in [3.05, 3.63) is 84.4 Å². The first-order chi connectivity index (χ1) is 11.6. The summed E-state index contributed by atoms with van der Waals surface area (Å²) in [7, 11) is -3.59. The van der Waals surface area contributed by atoms with E-state index in [1.54, 1.807) is 18.2 Å². The van der Waals surface area contributed by atoms with Crippen molar-refractivity contribution in [2.24, 2.45) is 0 Å². The molecule has 0 unspecified atom stereocenters. The maximum atomic E-state index is 12.6. The van der Waals surface area contributed by atoms with Crippen LogP contribution in [0.2, 0.25) is 0 Å². The number of aryl methyl sites for hydroxylation is 1. The lowest BCUT2D eigenvalue weighted by Crippen LogP contribution is -2.14. The van der Waals surface area contributed by atoms with Gasteiger partial charge in [0, 0.05) is 0 Å². The summed E-state index contributed by atoms with van der Waals surface area (Å²) < 4.78 is 27.9. The minimum absolute atomic E-state index is 0.257. The van der Waals surface area contributed by atoms with Crippen LogP contribution < -0.4 is 4.72 Å². The fraction of sp³-hybridized carbons (Fsp3) is 0.100. The van der Waals surface area contributed by atoms with Gasteiger partial charge in [-0.25, -0.2) is 8.42 Å². The monoisotopic (exact) mass is 337 g/mol. The van der Waals surface area contributed by atoms with Crippen molar-refractivity contribution in [3.63, 3.8) is 0 Å². The summed E-state index contributed by atoms with van der Waals surface area (Å²) >= 11 is 0.